The Bertz CT molecular complexity index is 184. The molecule has 0 aromatic heterocycles. The predicted molar refractivity (Wildman–Crippen MR) is 50.2 cm³/mol. The SMILES string of the molecule is COC(=O)[C@@]1(CI)COC[C@H]1O. The molecule has 70 valence electrons. The van der Waals surface area contributed by atoms with Crippen molar-refractivity contribution in [3.05, 3.63) is 0 Å². The molecule has 1 saturated heterocycles. The summed E-state index contributed by atoms with van der Waals surface area (Å²) in [6.45, 7) is 0.474. The third-order valence-corrected chi connectivity index (χ3v) is 3.46. The molecule has 1 heterocycles. The van der Waals surface area contributed by atoms with E-state index >= 15 is 0 Å². The molecular formula is C7H11IO4. The molecule has 1 fully saturated rings. The number of aliphatic hydroxyl groups is 1. The normalized spacial score (nSPS) is 35.1. The van der Waals surface area contributed by atoms with Gasteiger partial charge in [0, 0.05) is 4.43 Å². The molecule has 1 aliphatic heterocycles. The van der Waals surface area contributed by atoms with Crippen LogP contribution in [0.1, 0.15) is 0 Å². The number of aliphatic hydroxyl groups excluding tert-OH is 1. The molecule has 0 unspecified atom stereocenters. The van der Waals surface area contributed by atoms with Crippen LogP contribution in [0.15, 0.2) is 0 Å². The summed E-state index contributed by atoms with van der Waals surface area (Å²) >= 11 is 2.06. The van der Waals surface area contributed by atoms with Gasteiger partial charge in [0.15, 0.2) is 0 Å². The van der Waals surface area contributed by atoms with Gasteiger partial charge in [0.05, 0.1) is 26.4 Å². The van der Waals surface area contributed by atoms with Crippen LogP contribution in [0.25, 0.3) is 0 Å². The van der Waals surface area contributed by atoms with E-state index in [-0.39, 0.29) is 19.2 Å². The van der Waals surface area contributed by atoms with Crippen molar-refractivity contribution in [3.8, 4) is 0 Å². The fraction of sp³-hybridized carbons (Fsp3) is 0.857. The third kappa shape index (κ3) is 1.45. The van der Waals surface area contributed by atoms with Crippen molar-refractivity contribution in [3.63, 3.8) is 0 Å². The van der Waals surface area contributed by atoms with Crippen molar-refractivity contribution in [2.45, 2.75) is 6.10 Å². The fourth-order valence-corrected chi connectivity index (χ4v) is 2.23. The van der Waals surface area contributed by atoms with E-state index in [1.165, 1.54) is 7.11 Å². The zero-order valence-corrected chi connectivity index (χ0v) is 8.91. The highest BCUT2D eigenvalue weighted by Crippen LogP contribution is 2.32. The largest absolute Gasteiger partial charge is 0.468 e. The summed E-state index contributed by atoms with van der Waals surface area (Å²) in [5, 5.41) is 9.51. The monoisotopic (exact) mass is 286 g/mol. The van der Waals surface area contributed by atoms with Crippen molar-refractivity contribution in [2.75, 3.05) is 24.8 Å². The molecule has 0 aromatic rings. The van der Waals surface area contributed by atoms with E-state index in [1.54, 1.807) is 0 Å². The average Bonchev–Trinajstić information content (AvgIpc) is 2.46. The van der Waals surface area contributed by atoms with Gasteiger partial charge in [-0.2, -0.15) is 0 Å². The van der Waals surface area contributed by atoms with Gasteiger partial charge in [0.25, 0.3) is 0 Å². The van der Waals surface area contributed by atoms with Gasteiger partial charge in [-0.15, -0.1) is 0 Å². The second-order valence-electron chi connectivity index (χ2n) is 2.81. The summed E-state index contributed by atoms with van der Waals surface area (Å²) in [6.07, 6.45) is -0.734. The molecule has 0 amide bonds. The first-order valence-corrected chi connectivity index (χ1v) is 5.10. The van der Waals surface area contributed by atoms with Crippen molar-refractivity contribution < 1.29 is 19.4 Å². The van der Waals surface area contributed by atoms with Gasteiger partial charge >= 0.3 is 5.97 Å². The van der Waals surface area contributed by atoms with Crippen LogP contribution in [-0.4, -0.2) is 41.9 Å². The number of halogens is 1. The highest BCUT2D eigenvalue weighted by atomic mass is 127. The Labute approximate surface area is 84.4 Å². The number of esters is 1. The first-order chi connectivity index (χ1) is 5.67. The van der Waals surface area contributed by atoms with Crippen molar-refractivity contribution in [2.24, 2.45) is 5.41 Å². The molecule has 5 heteroatoms. The topological polar surface area (TPSA) is 55.8 Å². The van der Waals surface area contributed by atoms with E-state index in [4.69, 9.17) is 4.74 Å². The van der Waals surface area contributed by atoms with Gasteiger partial charge in [-0.05, 0) is 0 Å². The average molecular weight is 286 g/mol. The van der Waals surface area contributed by atoms with E-state index in [0.29, 0.717) is 4.43 Å². The van der Waals surface area contributed by atoms with Crippen LogP contribution in [-0.2, 0) is 14.3 Å². The summed E-state index contributed by atoms with van der Waals surface area (Å²) < 4.78 is 10.2. The molecule has 12 heavy (non-hydrogen) atoms. The second kappa shape index (κ2) is 3.89. The lowest BCUT2D eigenvalue weighted by Gasteiger charge is -2.24. The third-order valence-electron chi connectivity index (χ3n) is 2.10. The maximum atomic E-state index is 11.3. The highest BCUT2D eigenvalue weighted by molar-refractivity contribution is 14.1. The minimum Gasteiger partial charge on any atom is -0.468 e. The maximum absolute atomic E-state index is 11.3. The van der Waals surface area contributed by atoms with Gasteiger partial charge in [-0.3, -0.25) is 4.79 Å². The zero-order chi connectivity index (χ0) is 9.19. The quantitative estimate of drug-likeness (QED) is 0.440. The van der Waals surface area contributed by atoms with E-state index in [1.807, 2.05) is 0 Å². The van der Waals surface area contributed by atoms with Crippen LogP contribution < -0.4 is 0 Å². The molecule has 0 spiro atoms. The van der Waals surface area contributed by atoms with Crippen molar-refractivity contribution in [1.82, 2.24) is 0 Å². The van der Waals surface area contributed by atoms with Gasteiger partial charge in [0.2, 0.25) is 0 Å². The lowest BCUT2D eigenvalue weighted by Crippen LogP contribution is -2.44. The number of methoxy groups -OCH3 is 1. The standard InChI is InChI=1S/C7H11IO4/c1-11-6(10)7(3-8)4-12-2-5(7)9/h5,9H,2-4H2,1H3/t5-,7+/m1/s1. The molecule has 0 aromatic carbocycles. The molecular weight excluding hydrogens is 275 g/mol. The van der Waals surface area contributed by atoms with E-state index in [2.05, 4.69) is 27.3 Å². The lowest BCUT2D eigenvalue weighted by atomic mass is 9.87. The summed E-state index contributed by atoms with van der Waals surface area (Å²) in [6, 6.07) is 0. The number of rotatable bonds is 2. The molecule has 0 saturated carbocycles. The first kappa shape index (κ1) is 10.2. The van der Waals surface area contributed by atoms with Gasteiger partial charge in [0.1, 0.15) is 5.41 Å². The zero-order valence-electron chi connectivity index (χ0n) is 6.75. The smallest absolute Gasteiger partial charge is 0.317 e. The fourth-order valence-electron chi connectivity index (χ4n) is 1.19. The highest BCUT2D eigenvalue weighted by Gasteiger charge is 2.50. The Morgan fingerprint density at radius 3 is 2.92 bits per heavy atom. The molecule has 1 N–H and O–H groups in total. The van der Waals surface area contributed by atoms with Gasteiger partial charge < -0.3 is 14.6 Å². The number of hydrogen-bond acceptors (Lipinski definition) is 4. The minimum absolute atomic E-state index is 0.220. The summed E-state index contributed by atoms with van der Waals surface area (Å²) in [4.78, 5) is 11.3. The number of alkyl halides is 1. The Hall–Kier alpha value is 0.120. The number of hydrogen-bond donors (Lipinski definition) is 1. The molecule has 2 atom stereocenters. The van der Waals surface area contributed by atoms with Crippen LogP contribution in [0.5, 0.6) is 0 Å². The Balaban J connectivity index is 2.81. The number of carbonyl (C=O) groups is 1. The van der Waals surface area contributed by atoms with Crippen LogP contribution in [0.2, 0.25) is 0 Å². The molecule has 4 nitrogen and oxygen atoms in total. The molecule has 1 rings (SSSR count). The summed E-state index contributed by atoms with van der Waals surface area (Å²) in [7, 11) is 1.32. The Kier molecular flexibility index (Phi) is 3.30. The van der Waals surface area contributed by atoms with Gasteiger partial charge in [-0.25, -0.2) is 0 Å². The Morgan fingerprint density at radius 2 is 2.58 bits per heavy atom. The van der Waals surface area contributed by atoms with E-state index in [0.717, 1.165) is 0 Å². The summed E-state index contributed by atoms with van der Waals surface area (Å²) in [5.74, 6) is -0.387. The van der Waals surface area contributed by atoms with Crippen LogP contribution in [0, 0.1) is 5.41 Å². The van der Waals surface area contributed by atoms with E-state index in [9.17, 15) is 9.90 Å². The van der Waals surface area contributed by atoms with Crippen LogP contribution in [0.4, 0.5) is 0 Å². The van der Waals surface area contributed by atoms with Gasteiger partial charge in [-0.1, -0.05) is 22.6 Å². The molecule has 0 bridgehead atoms. The van der Waals surface area contributed by atoms with Crippen molar-refractivity contribution in [1.29, 1.82) is 0 Å². The molecule has 0 radical (unpaired) electrons. The van der Waals surface area contributed by atoms with Crippen LogP contribution >= 0.6 is 22.6 Å². The predicted octanol–water partition coefficient (Wildman–Crippen LogP) is -0.0281. The number of ether oxygens (including phenoxy) is 2. The minimum atomic E-state index is -0.838. The summed E-state index contributed by atoms with van der Waals surface area (Å²) in [5.41, 5.74) is -0.838. The van der Waals surface area contributed by atoms with Crippen LogP contribution in [0.3, 0.4) is 0 Å². The van der Waals surface area contributed by atoms with E-state index < -0.39 is 11.5 Å². The number of carbonyl (C=O) groups excluding carboxylic acids is 1. The lowest BCUT2D eigenvalue weighted by molar-refractivity contribution is -0.155. The second-order valence-corrected chi connectivity index (χ2v) is 3.58. The Morgan fingerprint density at radius 1 is 1.92 bits per heavy atom. The van der Waals surface area contributed by atoms with Crippen molar-refractivity contribution >= 4 is 28.6 Å². The molecule has 1 aliphatic rings. The molecule has 0 aliphatic carbocycles. The first-order valence-electron chi connectivity index (χ1n) is 3.57. The maximum Gasteiger partial charge on any atom is 0.317 e.